The van der Waals surface area contributed by atoms with E-state index in [1.165, 1.54) is 0 Å². The van der Waals surface area contributed by atoms with Crippen LogP contribution in [0.5, 0.6) is 0 Å². The minimum absolute atomic E-state index is 0. The molecular weight excluding hydrogens is 679 g/mol. The van der Waals surface area contributed by atoms with Crippen molar-refractivity contribution in [1.82, 2.24) is 15.0 Å². The Morgan fingerprint density at radius 3 is 2.46 bits per heavy atom. The second kappa shape index (κ2) is 11.2. The Morgan fingerprint density at radius 2 is 1.69 bits per heavy atom. The van der Waals surface area contributed by atoms with Crippen LogP contribution in [-0.2, 0) is 25.5 Å². The van der Waals surface area contributed by atoms with E-state index in [0.29, 0.717) is 16.7 Å². The molecule has 0 N–H and O–H groups in total. The number of fused-ring (bicyclic) bond motifs is 5. The zero-order chi connectivity index (χ0) is 29.6. The molecule has 6 heteroatoms. The minimum atomic E-state index is -0.362. The third-order valence-electron chi connectivity index (χ3n) is 5.95. The predicted octanol–water partition coefficient (Wildman–Crippen LogP) is 8.90. The molecule has 0 aliphatic carbocycles. The number of nitrogens with zero attached hydrogens (tertiary/aromatic N) is 3. The van der Waals surface area contributed by atoms with Gasteiger partial charge >= 0.3 is 0 Å². The molecule has 0 atom stereocenters. The molecule has 7 aromatic rings. The van der Waals surface area contributed by atoms with Crippen LogP contribution in [-0.4, -0.2) is 15.0 Å². The first-order chi connectivity index (χ1) is 20.1. The van der Waals surface area contributed by atoms with Gasteiger partial charge in [-0.05, 0) is 29.6 Å². The molecule has 0 unspecified atom stereocenters. The predicted molar refractivity (Wildman–Crippen MR) is 156 cm³/mol. The number of pyridine rings is 2. The van der Waals surface area contributed by atoms with Crippen molar-refractivity contribution in [1.29, 1.82) is 0 Å². The van der Waals surface area contributed by atoms with Crippen LogP contribution in [0.25, 0.3) is 54.7 Å². The van der Waals surface area contributed by atoms with E-state index in [2.05, 4.69) is 42.9 Å². The molecule has 0 amide bonds. The Balaban J connectivity index is 0.000000238. The number of thiazole rings is 1. The van der Waals surface area contributed by atoms with Crippen molar-refractivity contribution in [3.05, 3.63) is 114 Å². The van der Waals surface area contributed by atoms with Gasteiger partial charge in [0, 0.05) is 43.3 Å². The quantitative estimate of drug-likeness (QED) is 0.169. The fourth-order valence-electron chi connectivity index (χ4n) is 4.11. The second-order valence-electron chi connectivity index (χ2n) is 9.69. The number of aromatic nitrogens is 3. The molecule has 1 radical (unpaired) electrons. The number of hydrogen-bond donors (Lipinski definition) is 0. The fraction of sp³-hybridized carbons (Fsp3) is 0.121. The summed E-state index contributed by atoms with van der Waals surface area (Å²) in [5, 5.41) is 2.76. The molecule has 4 heterocycles. The van der Waals surface area contributed by atoms with Crippen molar-refractivity contribution in [3.63, 3.8) is 0 Å². The van der Waals surface area contributed by atoms with Crippen LogP contribution >= 0.6 is 11.3 Å². The molecule has 0 fully saturated rings. The monoisotopic (exact) mass is 708 g/mol. The van der Waals surface area contributed by atoms with E-state index in [0.717, 1.165) is 37.3 Å². The van der Waals surface area contributed by atoms with E-state index in [4.69, 9.17) is 14.9 Å². The molecule has 39 heavy (non-hydrogen) atoms. The minimum Gasteiger partial charge on any atom is -0.498 e. The Kier molecular flexibility index (Phi) is 6.36. The van der Waals surface area contributed by atoms with Gasteiger partial charge in [-0.15, -0.1) is 65.4 Å². The molecule has 4 aromatic heterocycles. The summed E-state index contributed by atoms with van der Waals surface area (Å²) in [4.78, 5) is 13.2. The first-order valence-electron chi connectivity index (χ1n) is 14.1. The van der Waals surface area contributed by atoms with Crippen molar-refractivity contribution >= 4 is 43.5 Å². The Morgan fingerprint density at radius 1 is 0.846 bits per heavy atom. The number of furan rings is 1. The maximum atomic E-state index is 8.26. The molecule has 0 saturated carbocycles. The molecule has 3 aromatic carbocycles. The van der Waals surface area contributed by atoms with Crippen molar-refractivity contribution < 1.29 is 30.0 Å². The maximum Gasteiger partial charge on any atom is 0.148 e. The molecule has 0 saturated heterocycles. The molecule has 195 valence electrons. The van der Waals surface area contributed by atoms with Crippen LogP contribution < -0.4 is 0 Å². The molecule has 7 rings (SSSR count). The molecule has 0 aliphatic rings. The van der Waals surface area contributed by atoms with Crippen molar-refractivity contribution in [3.8, 4) is 22.5 Å². The van der Waals surface area contributed by atoms with Gasteiger partial charge in [-0.25, -0.2) is 4.98 Å². The number of hydrogen-bond acceptors (Lipinski definition) is 5. The standard InChI is InChI=1S/C22H17N2OS.C11H8N.Ir/c1-22(2,3)21-24-18-17(26-21)11-10-14-13-7-6-8-15(19(13)25-20(14)18)16-9-4-5-12-23-16;1-2-6-10(7-3-1)11-8-4-5-9-12-11;/h4-7,9-12H,1-3H3;1-6,8-9H;/q2*-1;/i4D,5D,9D,12D;;. The van der Waals surface area contributed by atoms with Crippen LogP contribution in [0, 0.1) is 12.1 Å². The van der Waals surface area contributed by atoms with Crippen molar-refractivity contribution in [2.75, 3.05) is 0 Å². The average Bonchev–Trinajstić information content (AvgIpc) is 3.61. The molecule has 0 spiro atoms. The van der Waals surface area contributed by atoms with Crippen molar-refractivity contribution in [2.24, 2.45) is 0 Å². The van der Waals surface area contributed by atoms with Crippen LogP contribution in [0.15, 0.2) is 102 Å². The summed E-state index contributed by atoms with van der Waals surface area (Å²) in [6, 6.07) is 26.6. The van der Waals surface area contributed by atoms with E-state index >= 15 is 0 Å². The zero-order valence-corrected chi connectivity index (χ0v) is 24.6. The summed E-state index contributed by atoms with van der Waals surface area (Å²) in [5.74, 6) is 0. The molecule has 4 nitrogen and oxygen atoms in total. The fourth-order valence-corrected chi connectivity index (χ4v) is 5.13. The summed E-state index contributed by atoms with van der Waals surface area (Å²) < 4.78 is 39.1. The van der Waals surface area contributed by atoms with Crippen LogP contribution in [0.2, 0.25) is 0 Å². The Hall–Kier alpha value is -3.70. The van der Waals surface area contributed by atoms with Gasteiger partial charge in [0.1, 0.15) is 11.1 Å². The average molecular weight is 708 g/mol. The maximum absolute atomic E-state index is 8.26. The first-order valence-corrected chi connectivity index (χ1v) is 12.9. The zero-order valence-electron chi connectivity index (χ0n) is 25.4. The van der Waals surface area contributed by atoms with Crippen molar-refractivity contribution in [2.45, 2.75) is 26.2 Å². The molecule has 0 bridgehead atoms. The summed E-state index contributed by atoms with van der Waals surface area (Å²) in [6.07, 6.45) is 1.44. The van der Waals surface area contributed by atoms with E-state index in [1.54, 1.807) is 23.6 Å². The largest absolute Gasteiger partial charge is 0.498 e. The topological polar surface area (TPSA) is 51.8 Å². The summed E-state index contributed by atoms with van der Waals surface area (Å²) in [7, 11) is 0. The summed E-state index contributed by atoms with van der Waals surface area (Å²) >= 11 is 1.65. The normalized spacial score (nSPS) is 12.7. The third kappa shape index (κ3) is 5.41. The van der Waals surface area contributed by atoms with E-state index in [1.807, 2.05) is 60.7 Å². The Labute approximate surface area is 250 Å². The second-order valence-corrected chi connectivity index (χ2v) is 10.7. The van der Waals surface area contributed by atoms with Gasteiger partial charge in [0.25, 0.3) is 0 Å². The van der Waals surface area contributed by atoms with Gasteiger partial charge in [0.15, 0.2) is 0 Å². The van der Waals surface area contributed by atoms with E-state index in [-0.39, 0.29) is 55.5 Å². The first kappa shape index (κ1) is 22.2. The van der Waals surface area contributed by atoms with E-state index < -0.39 is 0 Å². The summed E-state index contributed by atoms with van der Waals surface area (Å²) in [6.45, 7) is 6.38. The van der Waals surface area contributed by atoms with Gasteiger partial charge < -0.3 is 14.4 Å². The number of rotatable bonds is 2. The smallest absolute Gasteiger partial charge is 0.148 e. The van der Waals surface area contributed by atoms with Gasteiger partial charge in [-0.1, -0.05) is 62.0 Å². The molecular formula is C33H25IrN3OS-2. The van der Waals surface area contributed by atoms with Gasteiger partial charge in [-0.3, -0.25) is 0 Å². The van der Waals surface area contributed by atoms with Gasteiger partial charge in [0.2, 0.25) is 0 Å². The third-order valence-corrected chi connectivity index (χ3v) is 7.40. The number of benzene rings is 3. The Bertz CT molecular complexity index is 2040. The van der Waals surface area contributed by atoms with Crippen LogP contribution in [0.1, 0.15) is 31.3 Å². The van der Waals surface area contributed by atoms with Gasteiger partial charge in [0.05, 0.1) is 20.8 Å². The summed E-state index contributed by atoms with van der Waals surface area (Å²) in [5.41, 5.74) is 4.42. The van der Waals surface area contributed by atoms with E-state index in [9.17, 15) is 0 Å². The van der Waals surface area contributed by atoms with Crippen LogP contribution in [0.4, 0.5) is 0 Å². The SMILES string of the molecule is [2H]c1nc(-c2[c-]ccc3c2oc2c3ccc3sc(C(C)(C)C)nc32)c([2H])c([2H])c1[2H].[Ir].[c-]1ccccc1-c1ccccn1. The van der Waals surface area contributed by atoms with Crippen LogP contribution in [0.3, 0.4) is 0 Å². The molecule has 0 aliphatic heterocycles. The van der Waals surface area contributed by atoms with Gasteiger partial charge in [-0.2, -0.15) is 0 Å².